The molecule has 0 unspecified atom stereocenters. The second kappa shape index (κ2) is 6.86. The second-order valence-corrected chi connectivity index (χ2v) is 5.30. The van der Waals surface area contributed by atoms with Gasteiger partial charge in [-0.25, -0.2) is 9.48 Å². The van der Waals surface area contributed by atoms with Crippen molar-refractivity contribution in [3.05, 3.63) is 71.5 Å². The average Bonchev–Trinajstić information content (AvgIpc) is 3.03. The van der Waals surface area contributed by atoms with E-state index < -0.39 is 6.03 Å². The molecule has 0 aliphatic carbocycles. The average molecular weight is 338 g/mol. The lowest BCUT2D eigenvalue weighted by Gasteiger charge is -2.06. The van der Waals surface area contributed by atoms with E-state index in [1.807, 2.05) is 24.3 Å². The van der Waals surface area contributed by atoms with E-state index >= 15 is 0 Å². The largest absolute Gasteiger partial charge is 0.323 e. The first kappa shape index (κ1) is 15.6. The predicted octanol–water partition coefficient (Wildman–Crippen LogP) is 4.04. The van der Waals surface area contributed by atoms with Gasteiger partial charge in [-0.05, 0) is 30.3 Å². The van der Waals surface area contributed by atoms with Crippen molar-refractivity contribution < 1.29 is 4.79 Å². The van der Waals surface area contributed by atoms with Gasteiger partial charge in [0, 0.05) is 5.69 Å². The normalized spacial score (nSPS) is 10.0. The molecule has 0 bridgehead atoms. The summed E-state index contributed by atoms with van der Waals surface area (Å²) in [6.45, 7) is 0. The van der Waals surface area contributed by atoms with E-state index in [9.17, 15) is 4.79 Å². The molecule has 0 aliphatic rings. The fourth-order valence-corrected chi connectivity index (χ4v) is 2.34. The molecule has 118 valence electrons. The zero-order valence-electron chi connectivity index (χ0n) is 12.4. The molecule has 6 nitrogen and oxygen atoms in total. The van der Waals surface area contributed by atoms with Crippen LogP contribution in [-0.4, -0.2) is 15.8 Å². The number of nitrogens with zero attached hydrogens (tertiary/aromatic N) is 3. The molecule has 0 aliphatic heterocycles. The Morgan fingerprint density at radius 1 is 1.12 bits per heavy atom. The van der Waals surface area contributed by atoms with Crippen LogP contribution in [0.15, 0.2) is 60.9 Å². The van der Waals surface area contributed by atoms with Crippen LogP contribution >= 0.6 is 11.6 Å². The molecule has 1 aromatic heterocycles. The maximum absolute atomic E-state index is 12.0. The highest BCUT2D eigenvalue weighted by Gasteiger charge is 2.08. The fraction of sp³-hybridized carbons (Fsp3) is 0. The molecular weight excluding hydrogens is 326 g/mol. The quantitative estimate of drug-likeness (QED) is 0.756. The van der Waals surface area contributed by atoms with Crippen LogP contribution in [0, 0.1) is 11.3 Å². The molecule has 7 heteroatoms. The van der Waals surface area contributed by atoms with Crippen LogP contribution < -0.4 is 10.6 Å². The van der Waals surface area contributed by atoms with Crippen molar-refractivity contribution >= 4 is 29.0 Å². The lowest BCUT2D eigenvalue weighted by atomic mass is 10.2. The number of benzene rings is 2. The number of para-hydroxylation sites is 1. The van der Waals surface area contributed by atoms with Gasteiger partial charge in [0.1, 0.15) is 0 Å². The van der Waals surface area contributed by atoms with Crippen molar-refractivity contribution in [2.75, 3.05) is 10.6 Å². The molecule has 0 saturated heterocycles. The van der Waals surface area contributed by atoms with Gasteiger partial charge in [-0.1, -0.05) is 29.8 Å². The van der Waals surface area contributed by atoms with E-state index in [2.05, 4.69) is 15.7 Å². The summed E-state index contributed by atoms with van der Waals surface area (Å²) in [5.41, 5.74) is 2.24. The van der Waals surface area contributed by atoms with E-state index in [0.717, 1.165) is 0 Å². The van der Waals surface area contributed by atoms with Gasteiger partial charge in [-0.15, -0.1) is 0 Å². The monoisotopic (exact) mass is 337 g/mol. The molecule has 0 saturated carbocycles. The summed E-state index contributed by atoms with van der Waals surface area (Å²) in [6, 6.07) is 15.5. The van der Waals surface area contributed by atoms with E-state index in [1.54, 1.807) is 41.2 Å². The number of nitriles is 1. The van der Waals surface area contributed by atoms with Crippen molar-refractivity contribution in [2.45, 2.75) is 0 Å². The molecular formula is C17H12ClN5O. The van der Waals surface area contributed by atoms with E-state index in [0.29, 0.717) is 27.6 Å². The second-order valence-electron chi connectivity index (χ2n) is 4.90. The lowest BCUT2D eigenvalue weighted by molar-refractivity contribution is 0.262. The van der Waals surface area contributed by atoms with Crippen LogP contribution in [0.25, 0.3) is 5.69 Å². The SMILES string of the molecule is N#Cc1cccc(NC(=O)Nc2cnn(-c3ccccc3Cl)c2)c1. The highest BCUT2D eigenvalue weighted by molar-refractivity contribution is 6.32. The Labute approximate surface area is 143 Å². The van der Waals surface area contributed by atoms with Gasteiger partial charge in [-0.2, -0.15) is 10.4 Å². The maximum Gasteiger partial charge on any atom is 0.323 e. The first-order chi connectivity index (χ1) is 11.7. The Hall–Kier alpha value is -3.30. The number of rotatable bonds is 3. The van der Waals surface area contributed by atoms with E-state index in [-0.39, 0.29) is 0 Å². The Bertz CT molecular complexity index is 928. The van der Waals surface area contributed by atoms with Gasteiger partial charge in [0.15, 0.2) is 0 Å². The van der Waals surface area contributed by atoms with Crippen molar-refractivity contribution in [1.82, 2.24) is 9.78 Å². The fourth-order valence-electron chi connectivity index (χ4n) is 2.12. The molecule has 0 spiro atoms. The standard InChI is InChI=1S/C17H12ClN5O/c18-15-6-1-2-7-16(15)23-11-14(10-20-23)22-17(24)21-13-5-3-4-12(8-13)9-19/h1-8,10-11H,(H2,21,22,24). The number of aromatic nitrogens is 2. The molecule has 0 atom stereocenters. The Kier molecular flexibility index (Phi) is 4.45. The van der Waals surface area contributed by atoms with Crippen molar-refractivity contribution in [2.24, 2.45) is 0 Å². The summed E-state index contributed by atoms with van der Waals surface area (Å²) >= 11 is 6.12. The zero-order valence-corrected chi connectivity index (χ0v) is 13.2. The van der Waals surface area contributed by atoms with Gasteiger partial charge in [-0.3, -0.25) is 0 Å². The molecule has 1 heterocycles. The summed E-state index contributed by atoms with van der Waals surface area (Å²) in [5.74, 6) is 0. The molecule has 2 aromatic carbocycles. The Morgan fingerprint density at radius 3 is 2.71 bits per heavy atom. The minimum Gasteiger partial charge on any atom is -0.308 e. The summed E-state index contributed by atoms with van der Waals surface area (Å²) in [4.78, 5) is 12.0. The molecule has 3 rings (SSSR count). The molecule has 24 heavy (non-hydrogen) atoms. The van der Waals surface area contributed by atoms with Crippen LogP contribution in [0.1, 0.15) is 5.56 Å². The number of hydrogen-bond acceptors (Lipinski definition) is 3. The molecule has 3 aromatic rings. The summed E-state index contributed by atoms with van der Waals surface area (Å²) in [6.07, 6.45) is 3.18. The summed E-state index contributed by atoms with van der Waals surface area (Å²) in [5, 5.41) is 18.9. The highest BCUT2D eigenvalue weighted by Crippen LogP contribution is 2.20. The molecule has 0 radical (unpaired) electrons. The van der Waals surface area contributed by atoms with Crippen LogP contribution in [0.4, 0.5) is 16.2 Å². The Balaban J connectivity index is 1.69. The number of carbonyl (C=O) groups excluding carboxylic acids is 1. The van der Waals surface area contributed by atoms with Gasteiger partial charge >= 0.3 is 6.03 Å². The van der Waals surface area contributed by atoms with Gasteiger partial charge in [0.2, 0.25) is 0 Å². The first-order valence-corrected chi connectivity index (χ1v) is 7.41. The highest BCUT2D eigenvalue weighted by atomic mass is 35.5. The van der Waals surface area contributed by atoms with E-state index in [4.69, 9.17) is 16.9 Å². The minimum atomic E-state index is -0.427. The minimum absolute atomic E-state index is 0.427. The number of carbonyl (C=O) groups is 1. The lowest BCUT2D eigenvalue weighted by Crippen LogP contribution is -2.19. The number of hydrogen-bond donors (Lipinski definition) is 2. The summed E-state index contributed by atoms with van der Waals surface area (Å²) in [7, 11) is 0. The van der Waals surface area contributed by atoms with Crippen molar-refractivity contribution in [3.63, 3.8) is 0 Å². The van der Waals surface area contributed by atoms with Gasteiger partial charge < -0.3 is 10.6 Å². The van der Waals surface area contributed by atoms with Crippen LogP contribution in [-0.2, 0) is 0 Å². The molecule has 0 fully saturated rings. The third-order valence-corrected chi connectivity index (χ3v) is 3.51. The first-order valence-electron chi connectivity index (χ1n) is 7.03. The van der Waals surface area contributed by atoms with Gasteiger partial charge in [0.25, 0.3) is 0 Å². The molecule has 2 amide bonds. The van der Waals surface area contributed by atoms with Crippen LogP contribution in [0.2, 0.25) is 5.02 Å². The number of urea groups is 1. The smallest absolute Gasteiger partial charge is 0.308 e. The van der Waals surface area contributed by atoms with Crippen LogP contribution in [0.5, 0.6) is 0 Å². The topological polar surface area (TPSA) is 82.7 Å². The maximum atomic E-state index is 12.0. The van der Waals surface area contributed by atoms with Crippen molar-refractivity contribution in [3.8, 4) is 11.8 Å². The van der Waals surface area contributed by atoms with Gasteiger partial charge in [0.05, 0.1) is 40.4 Å². The molecule has 2 N–H and O–H groups in total. The number of anilines is 2. The Morgan fingerprint density at radius 2 is 1.92 bits per heavy atom. The third kappa shape index (κ3) is 3.54. The number of amides is 2. The number of halogens is 1. The third-order valence-electron chi connectivity index (χ3n) is 3.19. The zero-order chi connectivity index (χ0) is 16.9. The number of nitrogens with one attached hydrogen (secondary N) is 2. The van der Waals surface area contributed by atoms with E-state index in [1.165, 1.54) is 6.20 Å². The van der Waals surface area contributed by atoms with Crippen LogP contribution in [0.3, 0.4) is 0 Å². The van der Waals surface area contributed by atoms with Crippen molar-refractivity contribution in [1.29, 1.82) is 5.26 Å². The predicted molar refractivity (Wildman–Crippen MR) is 92.4 cm³/mol. The summed E-state index contributed by atoms with van der Waals surface area (Å²) < 4.78 is 1.58.